The highest BCUT2D eigenvalue weighted by molar-refractivity contribution is 5.97. The van der Waals surface area contributed by atoms with Crippen LogP contribution < -0.4 is 10.6 Å². The van der Waals surface area contributed by atoms with Gasteiger partial charge in [0.05, 0.1) is 36.1 Å². The van der Waals surface area contributed by atoms with Crippen LogP contribution in [-0.4, -0.2) is 30.8 Å². The molecule has 2 heterocycles. The summed E-state index contributed by atoms with van der Waals surface area (Å²) in [4.78, 5) is 6.71. The Bertz CT molecular complexity index is 585. The molecule has 19 heavy (non-hydrogen) atoms. The molecule has 0 spiro atoms. The van der Waals surface area contributed by atoms with E-state index in [2.05, 4.69) is 22.9 Å². The summed E-state index contributed by atoms with van der Waals surface area (Å²) in [7, 11) is 0. The predicted octanol–water partition coefficient (Wildman–Crippen LogP) is 2.43. The standard InChI is InChI=1S/C15H19N3O/c1-2-11-10-19-9-8-18(11)14-6-5-13-12(15(14)16)4-3-7-17-13/h3-7,11H,2,8-10,16H2,1H3. The van der Waals surface area contributed by atoms with E-state index in [1.165, 1.54) is 0 Å². The average Bonchev–Trinajstić information content (AvgIpc) is 2.48. The molecule has 4 heteroatoms. The average molecular weight is 257 g/mol. The molecule has 0 bridgehead atoms. The van der Waals surface area contributed by atoms with E-state index < -0.39 is 0 Å². The van der Waals surface area contributed by atoms with Crippen molar-refractivity contribution < 1.29 is 4.74 Å². The Morgan fingerprint density at radius 3 is 3.16 bits per heavy atom. The van der Waals surface area contributed by atoms with Crippen LogP contribution in [0.15, 0.2) is 30.5 Å². The Morgan fingerprint density at radius 1 is 1.42 bits per heavy atom. The number of hydrogen-bond donors (Lipinski definition) is 1. The number of anilines is 2. The minimum Gasteiger partial charge on any atom is -0.396 e. The van der Waals surface area contributed by atoms with Crippen LogP contribution in [-0.2, 0) is 4.74 Å². The van der Waals surface area contributed by atoms with E-state index in [9.17, 15) is 0 Å². The van der Waals surface area contributed by atoms with Gasteiger partial charge in [-0.3, -0.25) is 4.98 Å². The topological polar surface area (TPSA) is 51.4 Å². The molecular weight excluding hydrogens is 238 g/mol. The maximum Gasteiger partial charge on any atom is 0.0724 e. The van der Waals surface area contributed by atoms with Gasteiger partial charge in [-0.05, 0) is 30.7 Å². The molecule has 100 valence electrons. The fraction of sp³-hybridized carbons (Fsp3) is 0.400. The van der Waals surface area contributed by atoms with E-state index >= 15 is 0 Å². The van der Waals surface area contributed by atoms with Gasteiger partial charge in [0.1, 0.15) is 0 Å². The van der Waals surface area contributed by atoms with Crippen molar-refractivity contribution in [3.8, 4) is 0 Å². The van der Waals surface area contributed by atoms with Crippen molar-refractivity contribution in [1.29, 1.82) is 0 Å². The second-order valence-corrected chi connectivity index (χ2v) is 4.90. The monoisotopic (exact) mass is 257 g/mol. The summed E-state index contributed by atoms with van der Waals surface area (Å²) in [5.41, 5.74) is 9.23. The number of nitrogen functional groups attached to an aromatic ring is 1. The highest BCUT2D eigenvalue weighted by Gasteiger charge is 2.23. The Kier molecular flexibility index (Phi) is 3.25. The van der Waals surface area contributed by atoms with Gasteiger partial charge in [0.25, 0.3) is 0 Å². The number of hydrogen-bond acceptors (Lipinski definition) is 4. The number of aromatic nitrogens is 1. The number of fused-ring (bicyclic) bond motifs is 1. The van der Waals surface area contributed by atoms with Crippen LogP contribution in [0.2, 0.25) is 0 Å². The number of pyridine rings is 1. The number of nitrogens with zero attached hydrogens (tertiary/aromatic N) is 2. The van der Waals surface area contributed by atoms with Crippen molar-refractivity contribution in [1.82, 2.24) is 4.98 Å². The van der Waals surface area contributed by atoms with Crippen molar-refractivity contribution >= 4 is 22.3 Å². The molecule has 0 saturated carbocycles. The van der Waals surface area contributed by atoms with E-state index in [-0.39, 0.29) is 0 Å². The Balaban J connectivity index is 2.06. The van der Waals surface area contributed by atoms with Gasteiger partial charge < -0.3 is 15.4 Å². The fourth-order valence-corrected chi connectivity index (χ4v) is 2.72. The van der Waals surface area contributed by atoms with Gasteiger partial charge in [-0.1, -0.05) is 6.92 Å². The predicted molar refractivity (Wildman–Crippen MR) is 78.4 cm³/mol. The molecule has 1 unspecified atom stereocenters. The van der Waals surface area contributed by atoms with Crippen molar-refractivity contribution in [2.45, 2.75) is 19.4 Å². The molecule has 1 aromatic heterocycles. The lowest BCUT2D eigenvalue weighted by atomic mass is 10.1. The quantitative estimate of drug-likeness (QED) is 0.839. The zero-order valence-corrected chi connectivity index (χ0v) is 11.2. The molecule has 2 N–H and O–H groups in total. The lowest BCUT2D eigenvalue weighted by molar-refractivity contribution is 0.0931. The third kappa shape index (κ3) is 2.12. The Hall–Kier alpha value is -1.81. The first kappa shape index (κ1) is 12.2. The van der Waals surface area contributed by atoms with Gasteiger partial charge >= 0.3 is 0 Å². The van der Waals surface area contributed by atoms with E-state index in [0.717, 1.165) is 48.5 Å². The summed E-state index contributed by atoms with van der Waals surface area (Å²) >= 11 is 0. The van der Waals surface area contributed by atoms with E-state index in [1.54, 1.807) is 6.20 Å². The van der Waals surface area contributed by atoms with Gasteiger partial charge in [0, 0.05) is 18.1 Å². The third-order valence-electron chi connectivity index (χ3n) is 3.81. The normalized spacial score (nSPS) is 19.8. The maximum absolute atomic E-state index is 6.34. The number of benzene rings is 1. The molecule has 0 aliphatic carbocycles. The van der Waals surface area contributed by atoms with Gasteiger partial charge in [-0.2, -0.15) is 0 Å². The Labute approximate surface area is 113 Å². The maximum atomic E-state index is 6.34. The van der Waals surface area contributed by atoms with E-state index in [1.807, 2.05) is 18.2 Å². The van der Waals surface area contributed by atoms with Crippen LogP contribution >= 0.6 is 0 Å². The summed E-state index contributed by atoms with van der Waals surface area (Å²) in [5, 5.41) is 1.03. The molecule has 0 amide bonds. The van der Waals surface area contributed by atoms with Gasteiger partial charge in [-0.25, -0.2) is 0 Å². The first-order valence-electron chi connectivity index (χ1n) is 6.79. The lowest BCUT2D eigenvalue weighted by Crippen LogP contribution is -2.45. The first-order valence-corrected chi connectivity index (χ1v) is 6.79. The van der Waals surface area contributed by atoms with Crippen LogP contribution in [0, 0.1) is 0 Å². The van der Waals surface area contributed by atoms with Crippen LogP contribution in [0.25, 0.3) is 10.9 Å². The zero-order valence-electron chi connectivity index (χ0n) is 11.2. The molecule has 0 radical (unpaired) electrons. The van der Waals surface area contributed by atoms with E-state index in [0.29, 0.717) is 6.04 Å². The number of morpholine rings is 1. The van der Waals surface area contributed by atoms with Crippen molar-refractivity contribution in [2.24, 2.45) is 0 Å². The summed E-state index contributed by atoms with van der Waals surface area (Å²) in [6.45, 7) is 4.63. The molecule has 1 aliphatic heterocycles. The summed E-state index contributed by atoms with van der Waals surface area (Å²) in [5.74, 6) is 0. The van der Waals surface area contributed by atoms with Crippen LogP contribution in [0.1, 0.15) is 13.3 Å². The van der Waals surface area contributed by atoms with Crippen LogP contribution in [0.4, 0.5) is 11.4 Å². The highest BCUT2D eigenvalue weighted by Crippen LogP contribution is 2.32. The van der Waals surface area contributed by atoms with Gasteiger partial charge in [-0.15, -0.1) is 0 Å². The molecule has 1 aromatic carbocycles. The number of ether oxygens (including phenoxy) is 1. The molecule has 2 aromatic rings. The molecular formula is C15H19N3O. The third-order valence-corrected chi connectivity index (χ3v) is 3.81. The molecule has 1 saturated heterocycles. The zero-order chi connectivity index (χ0) is 13.2. The van der Waals surface area contributed by atoms with Crippen molar-refractivity contribution in [3.05, 3.63) is 30.5 Å². The van der Waals surface area contributed by atoms with Crippen molar-refractivity contribution in [2.75, 3.05) is 30.4 Å². The van der Waals surface area contributed by atoms with Crippen LogP contribution in [0.3, 0.4) is 0 Å². The SMILES string of the molecule is CCC1COCCN1c1ccc2ncccc2c1N. The molecule has 3 rings (SSSR count). The van der Waals surface area contributed by atoms with Gasteiger partial charge in [0.15, 0.2) is 0 Å². The second-order valence-electron chi connectivity index (χ2n) is 4.90. The number of nitrogens with two attached hydrogens (primary N) is 1. The largest absolute Gasteiger partial charge is 0.396 e. The summed E-state index contributed by atoms with van der Waals surface area (Å²) < 4.78 is 5.56. The van der Waals surface area contributed by atoms with Crippen molar-refractivity contribution in [3.63, 3.8) is 0 Å². The minimum atomic E-state index is 0.408. The Morgan fingerprint density at radius 2 is 2.32 bits per heavy atom. The minimum absolute atomic E-state index is 0.408. The van der Waals surface area contributed by atoms with Gasteiger partial charge in [0.2, 0.25) is 0 Å². The number of rotatable bonds is 2. The molecule has 1 atom stereocenters. The van der Waals surface area contributed by atoms with E-state index in [4.69, 9.17) is 10.5 Å². The second kappa shape index (κ2) is 5.05. The molecule has 4 nitrogen and oxygen atoms in total. The lowest BCUT2D eigenvalue weighted by Gasteiger charge is -2.37. The first-order chi connectivity index (χ1) is 9.31. The fourth-order valence-electron chi connectivity index (χ4n) is 2.72. The summed E-state index contributed by atoms with van der Waals surface area (Å²) in [6.07, 6.45) is 2.86. The molecule has 1 aliphatic rings. The summed E-state index contributed by atoms with van der Waals surface area (Å²) in [6, 6.07) is 8.49. The highest BCUT2D eigenvalue weighted by atomic mass is 16.5. The smallest absolute Gasteiger partial charge is 0.0724 e. The van der Waals surface area contributed by atoms with Crippen LogP contribution in [0.5, 0.6) is 0 Å². The molecule has 1 fully saturated rings.